The molecule has 0 aliphatic carbocycles. The highest BCUT2D eigenvalue weighted by Crippen LogP contribution is 2.17. The molecular formula is C14H24N4O3. The minimum Gasteiger partial charge on any atom is -0.383 e. The van der Waals surface area contributed by atoms with Gasteiger partial charge in [-0.25, -0.2) is 4.79 Å². The minimum atomic E-state index is -0.447. The molecule has 21 heavy (non-hydrogen) atoms. The largest absolute Gasteiger partial charge is 0.383 e. The molecule has 0 amide bonds. The summed E-state index contributed by atoms with van der Waals surface area (Å²) in [5.41, 5.74) is 5.41. The predicted octanol–water partition coefficient (Wildman–Crippen LogP) is 0.757. The van der Waals surface area contributed by atoms with Crippen LogP contribution in [0.25, 0.3) is 0 Å². The molecule has 0 bridgehead atoms. The molecule has 118 valence electrons. The van der Waals surface area contributed by atoms with Gasteiger partial charge in [-0.15, -0.1) is 0 Å². The van der Waals surface area contributed by atoms with Gasteiger partial charge in [-0.3, -0.25) is 14.3 Å². The summed E-state index contributed by atoms with van der Waals surface area (Å²) in [6.07, 6.45) is 3.74. The second kappa shape index (κ2) is 7.31. The lowest BCUT2D eigenvalue weighted by atomic mass is 10.0. The van der Waals surface area contributed by atoms with Gasteiger partial charge in [0.1, 0.15) is 11.5 Å². The van der Waals surface area contributed by atoms with Gasteiger partial charge in [-0.1, -0.05) is 13.3 Å². The Morgan fingerprint density at radius 2 is 2.10 bits per heavy atom. The van der Waals surface area contributed by atoms with E-state index >= 15 is 0 Å². The average molecular weight is 296 g/mol. The van der Waals surface area contributed by atoms with Crippen LogP contribution in [0.3, 0.4) is 0 Å². The first-order valence-electron chi connectivity index (χ1n) is 7.57. The first kappa shape index (κ1) is 15.6. The van der Waals surface area contributed by atoms with E-state index in [1.165, 1.54) is 4.57 Å². The monoisotopic (exact) mass is 296 g/mol. The van der Waals surface area contributed by atoms with E-state index in [1.807, 2.05) is 6.92 Å². The molecule has 1 aromatic heterocycles. The van der Waals surface area contributed by atoms with Gasteiger partial charge >= 0.3 is 5.69 Å². The molecule has 0 saturated carbocycles. The average Bonchev–Trinajstić information content (AvgIpc) is 2.47. The van der Waals surface area contributed by atoms with Crippen LogP contribution in [0.5, 0.6) is 0 Å². The number of nitrogen functional groups attached to an aromatic ring is 1. The normalized spacial score (nSPS) is 16.0. The zero-order valence-electron chi connectivity index (χ0n) is 12.5. The number of aromatic nitrogens is 2. The third-order valence-corrected chi connectivity index (χ3v) is 3.88. The Morgan fingerprint density at radius 3 is 2.76 bits per heavy atom. The molecule has 1 aliphatic heterocycles. The predicted molar refractivity (Wildman–Crippen MR) is 82.7 cm³/mol. The van der Waals surface area contributed by atoms with Crippen molar-refractivity contribution in [2.75, 3.05) is 30.8 Å². The van der Waals surface area contributed by atoms with Gasteiger partial charge in [-0.2, -0.15) is 0 Å². The fourth-order valence-corrected chi connectivity index (χ4v) is 2.49. The Balaban J connectivity index is 2.14. The number of nitrogens with one attached hydrogen (secondary N) is 2. The molecule has 2 heterocycles. The summed E-state index contributed by atoms with van der Waals surface area (Å²) in [6.45, 7) is 4.74. The van der Waals surface area contributed by atoms with Crippen LogP contribution in [-0.2, 0) is 11.3 Å². The summed E-state index contributed by atoms with van der Waals surface area (Å²) >= 11 is 0. The lowest BCUT2D eigenvalue weighted by Gasteiger charge is -2.23. The van der Waals surface area contributed by atoms with E-state index in [0.29, 0.717) is 24.7 Å². The van der Waals surface area contributed by atoms with E-state index in [-0.39, 0.29) is 5.82 Å². The third kappa shape index (κ3) is 3.87. The van der Waals surface area contributed by atoms with Gasteiger partial charge in [0, 0.05) is 26.3 Å². The zero-order chi connectivity index (χ0) is 15.2. The van der Waals surface area contributed by atoms with Crippen molar-refractivity contribution in [3.05, 3.63) is 20.8 Å². The number of aromatic amines is 1. The van der Waals surface area contributed by atoms with Crippen molar-refractivity contribution in [3.8, 4) is 0 Å². The molecular weight excluding hydrogens is 272 g/mol. The summed E-state index contributed by atoms with van der Waals surface area (Å²) < 4.78 is 6.74. The van der Waals surface area contributed by atoms with Crippen LogP contribution in [0.15, 0.2) is 9.59 Å². The second-order valence-electron chi connectivity index (χ2n) is 5.46. The molecule has 1 saturated heterocycles. The quantitative estimate of drug-likeness (QED) is 0.719. The van der Waals surface area contributed by atoms with Crippen LogP contribution in [0.4, 0.5) is 11.5 Å². The number of anilines is 2. The van der Waals surface area contributed by atoms with Crippen LogP contribution >= 0.6 is 0 Å². The van der Waals surface area contributed by atoms with E-state index in [2.05, 4.69) is 10.3 Å². The first-order chi connectivity index (χ1) is 10.1. The molecule has 0 spiro atoms. The lowest BCUT2D eigenvalue weighted by Crippen LogP contribution is -2.35. The molecule has 1 aliphatic rings. The van der Waals surface area contributed by atoms with E-state index in [4.69, 9.17) is 10.5 Å². The summed E-state index contributed by atoms with van der Waals surface area (Å²) in [6, 6.07) is 0. The molecule has 0 atom stereocenters. The molecule has 4 N–H and O–H groups in total. The summed E-state index contributed by atoms with van der Waals surface area (Å²) in [4.78, 5) is 26.1. The maximum Gasteiger partial charge on any atom is 0.330 e. The van der Waals surface area contributed by atoms with Crippen molar-refractivity contribution >= 4 is 11.5 Å². The highest BCUT2D eigenvalue weighted by molar-refractivity contribution is 5.60. The Labute approximate surface area is 123 Å². The Bertz CT molecular complexity index is 573. The number of rotatable bonds is 6. The molecule has 1 aromatic rings. The SMILES string of the molecule is CCCCn1c(N)c(NCC2CCOCC2)c(=O)[nH]c1=O. The number of H-pyrrole nitrogens is 1. The van der Waals surface area contributed by atoms with Gasteiger partial charge < -0.3 is 15.8 Å². The fourth-order valence-electron chi connectivity index (χ4n) is 2.49. The summed E-state index contributed by atoms with van der Waals surface area (Å²) in [5, 5.41) is 3.11. The minimum absolute atomic E-state index is 0.226. The van der Waals surface area contributed by atoms with Crippen molar-refractivity contribution in [2.24, 2.45) is 5.92 Å². The standard InChI is InChI=1S/C14H24N4O3/c1-2-3-6-18-12(15)11(13(19)17-14(18)20)16-9-10-4-7-21-8-5-10/h10,16H,2-9,15H2,1H3,(H,17,19,20). The van der Waals surface area contributed by atoms with E-state index in [1.54, 1.807) is 0 Å². The van der Waals surface area contributed by atoms with Gasteiger partial charge in [0.15, 0.2) is 0 Å². The maximum atomic E-state index is 11.9. The van der Waals surface area contributed by atoms with Crippen molar-refractivity contribution in [3.63, 3.8) is 0 Å². The number of hydrogen-bond acceptors (Lipinski definition) is 5. The van der Waals surface area contributed by atoms with Crippen LogP contribution in [0, 0.1) is 5.92 Å². The molecule has 1 fully saturated rings. The highest BCUT2D eigenvalue weighted by Gasteiger charge is 2.16. The maximum absolute atomic E-state index is 11.9. The molecule has 0 radical (unpaired) electrons. The van der Waals surface area contributed by atoms with Crippen molar-refractivity contribution in [1.82, 2.24) is 9.55 Å². The first-order valence-corrected chi connectivity index (χ1v) is 7.57. The van der Waals surface area contributed by atoms with Crippen LogP contribution in [0.2, 0.25) is 0 Å². The second-order valence-corrected chi connectivity index (χ2v) is 5.46. The third-order valence-electron chi connectivity index (χ3n) is 3.88. The number of hydrogen-bond donors (Lipinski definition) is 3. The zero-order valence-corrected chi connectivity index (χ0v) is 12.5. The molecule has 7 nitrogen and oxygen atoms in total. The van der Waals surface area contributed by atoms with Gasteiger partial charge in [-0.05, 0) is 25.2 Å². The van der Waals surface area contributed by atoms with E-state index in [9.17, 15) is 9.59 Å². The smallest absolute Gasteiger partial charge is 0.330 e. The number of nitrogens with two attached hydrogens (primary N) is 1. The van der Waals surface area contributed by atoms with Crippen molar-refractivity contribution in [2.45, 2.75) is 39.2 Å². The topological polar surface area (TPSA) is 102 Å². The molecule has 2 rings (SSSR count). The number of unbranched alkanes of at least 4 members (excludes halogenated alkanes) is 1. The van der Waals surface area contributed by atoms with Crippen LogP contribution < -0.4 is 22.3 Å². The molecule has 0 aromatic carbocycles. The van der Waals surface area contributed by atoms with Crippen LogP contribution in [-0.4, -0.2) is 29.3 Å². The van der Waals surface area contributed by atoms with Gasteiger partial charge in [0.2, 0.25) is 0 Å². The van der Waals surface area contributed by atoms with Crippen molar-refractivity contribution < 1.29 is 4.74 Å². The Kier molecular flexibility index (Phi) is 5.44. The van der Waals surface area contributed by atoms with E-state index < -0.39 is 11.2 Å². The molecule has 7 heteroatoms. The van der Waals surface area contributed by atoms with Crippen molar-refractivity contribution in [1.29, 1.82) is 0 Å². The summed E-state index contributed by atoms with van der Waals surface area (Å²) in [7, 11) is 0. The Hall–Kier alpha value is -1.76. The molecule has 0 unspecified atom stereocenters. The Morgan fingerprint density at radius 1 is 1.38 bits per heavy atom. The lowest BCUT2D eigenvalue weighted by molar-refractivity contribution is 0.0699. The van der Waals surface area contributed by atoms with Gasteiger partial charge in [0.05, 0.1) is 0 Å². The summed E-state index contributed by atoms with van der Waals surface area (Å²) in [5.74, 6) is 0.692. The van der Waals surface area contributed by atoms with E-state index in [0.717, 1.165) is 38.9 Å². The fraction of sp³-hybridized carbons (Fsp3) is 0.714. The van der Waals surface area contributed by atoms with Gasteiger partial charge in [0.25, 0.3) is 5.56 Å². The highest BCUT2D eigenvalue weighted by atomic mass is 16.5. The number of ether oxygens (including phenoxy) is 1. The number of nitrogens with zero attached hydrogens (tertiary/aromatic N) is 1. The van der Waals surface area contributed by atoms with Crippen LogP contribution in [0.1, 0.15) is 32.6 Å².